The van der Waals surface area contributed by atoms with Crippen LogP contribution in [0.1, 0.15) is 11.3 Å². The summed E-state index contributed by atoms with van der Waals surface area (Å²) in [5.41, 5.74) is 2.94. The molecule has 1 aromatic heterocycles. The van der Waals surface area contributed by atoms with Crippen molar-refractivity contribution in [2.24, 2.45) is 0 Å². The number of amides is 1. The van der Waals surface area contributed by atoms with Crippen LogP contribution in [-0.4, -0.2) is 22.0 Å². The summed E-state index contributed by atoms with van der Waals surface area (Å²) < 4.78 is 41.9. The molecule has 1 aromatic carbocycles. The van der Waals surface area contributed by atoms with Gasteiger partial charge >= 0.3 is 6.36 Å². The second kappa shape index (κ2) is 7.01. The Morgan fingerprint density at radius 2 is 1.96 bits per heavy atom. The van der Waals surface area contributed by atoms with Crippen molar-refractivity contribution >= 4 is 12.0 Å². The van der Waals surface area contributed by atoms with E-state index in [1.807, 2.05) is 0 Å². The zero-order valence-corrected chi connectivity index (χ0v) is 11.7. The average Bonchev–Trinajstić information content (AvgIpc) is 2.92. The highest BCUT2D eigenvalue weighted by atomic mass is 19.4. The number of hydrogen-bond acceptors (Lipinski definition) is 3. The molecule has 0 aliphatic heterocycles. The molecule has 0 saturated heterocycles. The van der Waals surface area contributed by atoms with Crippen LogP contribution in [0.25, 0.3) is 6.08 Å². The molecule has 0 saturated carbocycles. The summed E-state index contributed by atoms with van der Waals surface area (Å²) in [7, 11) is 0. The van der Waals surface area contributed by atoms with Crippen molar-refractivity contribution < 1.29 is 27.9 Å². The molecule has 23 heavy (non-hydrogen) atoms. The Hall–Kier alpha value is -2.74. The van der Waals surface area contributed by atoms with Crippen molar-refractivity contribution in [3.8, 4) is 5.75 Å². The molecule has 1 heterocycles. The third-order valence-electron chi connectivity index (χ3n) is 2.89. The van der Waals surface area contributed by atoms with E-state index in [0.717, 1.165) is 11.6 Å². The molecule has 0 radical (unpaired) electrons. The maximum absolute atomic E-state index is 12.1. The van der Waals surface area contributed by atoms with Crippen molar-refractivity contribution in [2.75, 3.05) is 0 Å². The lowest BCUT2D eigenvalue weighted by Crippen LogP contribution is -2.17. The van der Waals surface area contributed by atoms with Crippen molar-refractivity contribution in [1.29, 1.82) is 0 Å². The van der Waals surface area contributed by atoms with E-state index in [1.54, 1.807) is 22.9 Å². The van der Waals surface area contributed by atoms with E-state index in [9.17, 15) is 18.0 Å². The van der Waals surface area contributed by atoms with Crippen LogP contribution in [0.2, 0.25) is 0 Å². The number of nitrogens with one attached hydrogen (secondary N) is 1. The van der Waals surface area contributed by atoms with Gasteiger partial charge in [-0.3, -0.25) is 10.0 Å². The van der Waals surface area contributed by atoms with Crippen molar-refractivity contribution in [3.05, 3.63) is 59.9 Å². The summed E-state index contributed by atoms with van der Waals surface area (Å²) in [6, 6.07) is 9.03. The van der Waals surface area contributed by atoms with Crippen LogP contribution >= 0.6 is 0 Å². The summed E-state index contributed by atoms with van der Waals surface area (Å²) in [6.07, 6.45) is -0.289. The minimum Gasteiger partial charge on any atom is -0.406 e. The Morgan fingerprint density at radius 1 is 1.26 bits per heavy atom. The number of halogens is 3. The van der Waals surface area contributed by atoms with Crippen LogP contribution in [0.15, 0.2) is 48.7 Å². The molecule has 0 unspecified atom stereocenters. The highest BCUT2D eigenvalue weighted by molar-refractivity contribution is 5.90. The van der Waals surface area contributed by atoms with Gasteiger partial charge in [0.1, 0.15) is 5.75 Å². The van der Waals surface area contributed by atoms with Crippen molar-refractivity contribution in [2.45, 2.75) is 12.9 Å². The Morgan fingerprint density at radius 3 is 2.57 bits per heavy atom. The normalized spacial score (nSPS) is 11.7. The molecule has 2 N–H and O–H groups in total. The van der Waals surface area contributed by atoms with Gasteiger partial charge in [-0.15, -0.1) is 13.2 Å². The van der Waals surface area contributed by atoms with Gasteiger partial charge < -0.3 is 9.30 Å². The number of alkyl halides is 3. The fraction of sp³-hybridized carbons (Fsp3) is 0.133. The first kappa shape index (κ1) is 16.6. The molecular weight excluding hydrogens is 313 g/mol. The van der Waals surface area contributed by atoms with Crippen LogP contribution in [0.4, 0.5) is 13.2 Å². The van der Waals surface area contributed by atoms with E-state index < -0.39 is 12.3 Å². The van der Waals surface area contributed by atoms with Crippen molar-refractivity contribution in [1.82, 2.24) is 10.0 Å². The Balaban J connectivity index is 2.07. The van der Waals surface area contributed by atoms with Gasteiger partial charge in [0.2, 0.25) is 0 Å². The number of aromatic nitrogens is 1. The smallest absolute Gasteiger partial charge is 0.406 e. The van der Waals surface area contributed by atoms with Crippen LogP contribution in [0.5, 0.6) is 5.75 Å². The van der Waals surface area contributed by atoms with E-state index in [2.05, 4.69) is 4.74 Å². The number of rotatable bonds is 5. The number of hydrogen-bond donors (Lipinski definition) is 2. The summed E-state index contributed by atoms with van der Waals surface area (Å²) in [6.45, 7) is 0.402. The first-order chi connectivity index (χ1) is 10.9. The number of hydroxylamine groups is 1. The highest BCUT2D eigenvalue weighted by Gasteiger charge is 2.30. The molecule has 5 nitrogen and oxygen atoms in total. The van der Waals surface area contributed by atoms with Gasteiger partial charge in [0.05, 0.1) is 0 Å². The predicted octanol–water partition coefficient (Wildman–Crippen LogP) is 2.95. The second-order valence-electron chi connectivity index (χ2n) is 4.56. The number of benzene rings is 1. The van der Waals surface area contributed by atoms with E-state index in [-0.39, 0.29) is 5.75 Å². The molecule has 0 aliphatic rings. The van der Waals surface area contributed by atoms with E-state index >= 15 is 0 Å². The topological polar surface area (TPSA) is 63.5 Å². The SMILES string of the molecule is O=C(C=Cc1cccn1Cc1ccc(OC(F)(F)F)cc1)NO. The van der Waals surface area contributed by atoms with Crippen LogP contribution in [-0.2, 0) is 11.3 Å². The van der Waals surface area contributed by atoms with Gasteiger partial charge in [-0.05, 0) is 35.9 Å². The van der Waals surface area contributed by atoms with Gasteiger partial charge in [0, 0.05) is 24.5 Å². The second-order valence-corrected chi connectivity index (χ2v) is 4.56. The molecule has 0 aliphatic carbocycles. The Bertz CT molecular complexity index is 691. The summed E-state index contributed by atoms with van der Waals surface area (Å²) in [5.74, 6) is -0.945. The van der Waals surface area contributed by atoms with Gasteiger partial charge in [-0.2, -0.15) is 0 Å². The molecule has 0 spiro atoms. The number of nitrogens with zero attached hydrogens (tertiary/aromatic N) is 1. The lowest BCUT2D eigenvalue weighted by atomic mass is 10.2. The number of carbonyl (C=O) groups excluding carboxylic acids is 1. The standard InChI is InChI=1S/C15H13F3N2O3/c16-15(17,18)23-13-6-3-11(4-7-13)10-20-9-1-2-12(20)5-8-14(21)19-22/h1-9,22H,10H2,(H,19,21). The fourth-order valence-electron chi connectivity index (χ4n) is 1.91. The lowest BCUT2D eigenvalue weighted by molar-refractivity contribution is -0.274. The minimum atomic E-state index is -4.72. The van der Waals surface area contributed by atoms with E-state index in [1.165, 1.54) is 35.8 Å². The lowest BCUT2D eigenvalue weighted by Gasteiger charge is -2.10. The zero-order chi connectivity index (χ0) is 16.9. The van der Waals surface area contributed by atoms with Crippen LogP contribution < -0.4 is 10.2 Å². The predicted molar refractivity (Wildman–Crippen MR) is 75.6 cm³/mol. The minimum absolute atomic E-state index is 0.284. The molecule has 2 rings (SSSR count). The molecule has 0 atom stereocenters. The molecule has 0 bridgehead atoms. The van der Waals surface area contributed by atoms with Gasteiger partial charge in [-0.1, -0.05) is 12.1 Å². The first-order valence-electron chi connectivity index (χ1n) is 6.49. The largest absolute Gasteiger partial charge is 0.573 e. The Kier molecular flexibility index (Phi) is 5.07. The Labute approximate surface area is 129 Å². The first-order valence-corrected chi connectivity index (χ1v) is 6.49. The third kappa shape index (κ3) is 5.19. The molecular formula is C15H13F3N2O3. The fourth-order valence-corrected chi connectivity index (χ4v) is 1.91. The zero-order valence-electron chi connectivity index (χ0n) is 11.7. The molecule has 0 fully saturated rings. The summed E-state index contributed by atoms with van der Waals surface area (Å²) >= 11 is 0. The maximum atomic E-state index is 12.1. The van der Waals surface area contributed by atoms with E-state index in [0.29, 0.717) is 12.2 Å². The maximum Gasteiger partial charge on any atom is 0.573 e. The van der Waals surface area contributed by atoms with Gasteiger partial charge in [0.15, 0.2) is 0 Å². The third-order valence-corrected chi connectivity index (χ3v) is 2.89. The molecule has 1 amide bonds. The van der Waals surface area contributed by atoms with Crippen LogP contribution in [0.3, 0.4) is 0 Å². The highest BCUT2D eigenvalue weighted by Crippen LogP contribution is 2.23. The monoisotopic (exact) mass is 326 g/mol. The number of carbonyl (C=O) groups is 1. The van der Waals surface area contributed by atoms with Crippen LogP contribution in [0, 0.1) is 0 Å². The average molecular weight is 326 g/mol. The van der Waals surface area contributed by atoms with Gasteiger partial charge in [-0.25, -0.2) is 5.48 Å². The van der Waals surface area contributed by atoms with E-state index in [4.69, 9.17) is 5.21 Å². The number of ether oxygens (including phenoxy) is 1. The molecule has 8 heteroatoms. The molecule has 2 aromatic rings. The summed E-state index contributed by atoms with van der Waals surface area (Å²) in [5, 5.41) is 8.42. The van der Waals surface area contributed by atoms with Gasteiger partial charge in [0.25, 0.3) is 5.91 Å². The summed E-state index contributed by atoms with van der Waals surface area (Å²) in [4.78, 5) is 11.0. The quantitative estimate of drug-likeness (QED) is 0.504. The van der Waals surface area contributed by atoms with Crippen molar-refractivity contribution in [3.63, 3.8) is 0 Å². The molecule has 122 valence electrons.